The Morgan fingerprint density at radius 3 is 2.39 bits per heavy atom. The van der Waals surface area contributed by atoms with Crippen LogP contribution in [-0.2, 0) is 11.3 Å². The minimum absolute atomic E-state index is 0.205. The molecule has 1 saturated carbocycles. The van der Waals surface area contributed by atoms with Crippen molar-refractivity contribution in [1.29, 1.82) is 0 Å². The van der Waals surface area contributed by atoms with Gasteiger partial charge in [-0.2, -0.15) is 0 Å². The first-order valence-corrected chi connectivity index (χ1v) is 10.8. The number of hydrogen-bond donors (Lipinski definition) is 0. The molecule has 0 spiro atoms. The Labute approximate surface area is 170 Å². The predicted molar refractivity (Wildman–Crippen MR) is 112 cm³/mol. The van der Waals surface area contributed by atoms with Gasteiger partial charge in [0.05, 0.1) is 6.10 Å². The monoisotopic (exact) mass is 388 g/mol. The van der Waals surface area contributed by atoms with Crippen molar-refractivity contribution in [3.8, 4) is 5.75 Å². The van der Waals surface area contributed by atoms with Crippen LogP contribution in [-0.4, -0.2) is 53.8 Å². The summed E-state index contributed by atoms with van der Waals surface area (Å²) >= 11 is 0. The molecule has 1 saturated heterocycles. The Kier molecular flexibility index (Phi) is 6.86. The lowest BCUT2D eigenvalue weighted by Gasteiger charge is -2.36. The molecule has 1 aliphatic heterocycles. The molecule has 0 atom stereocenters. The zero-order valence-electron chi connectivity index (χ0n) is 18.0. The lowest BCUT2D eigenvalue weighted by molar-refractivity contribution is 0.0137. The van der Waals surface area contributed by atoms with Crippen molar-refractivity contribution in [2.75, 3.05) is 26.2 Å². The summed E-state index contributed by atoms with van der Waals surface area (Å²) in [6.07, 6.45) is 6.38. The molecular formula is C23H36N2O3. The van der Waals surface area contributed by atoms with E-state index in [-0.39, 0.29) is 6.09 Å². The van der Waals surface area contributed by atoms with E-state index in [2.05, 4.69) is 30.0 Å². The zero-order valence-corrected chi connectivity index (χ0v) is 18.0. The van der Waals surface area contributed by atoms with E-state index >= 15 is 0 Å². The Balaban J connectivity index is 1.56. The first kappa shape index (κ1) is 21.0. The number of rotatable bonds is 4. The van der Waals surface area contributed by atoms with Crippen LogP contribution in [0.2, 0.25) is 0 Å². The van der Waals surface area contributed by atoms with Gasteiger partial charge < -0.3 is 14.4 Å². The molecule has 1 aliphatic carbocycles. The number of nitrogens with zero attached hydrogens (tertiary/aromatic N) is 2. The van der Waals surface area contributed by atoms with Gasteiger partial charge in [-0.1, -0.05) is 18.6 Å². The normalized spacial score (nSPS) is 19.5. The number of ether oxygens (including phenoxy) is 2. The van der Waals surface area contributed by atoms with Crippen molar-refractivity contribution in [2.45, 2.75) is 78.0 Å². The third-order valence-corrected chi connectivity index (χ3v) is 5.49. The molecule has 1 amide bonds. The number of amides is 1. The van der Waals surface area contributed by atoms with Gasteiger partial charge in [0, 0.05) is 38.3 Å². The van der Waals surface area contributed by atoms with Crippen LogP contribution in [0.5, 0.6) is 5.75 Å². The minimum atomic E-state index is -0.443. The lowest BCUT2D eigenvalue weighted by Crippen LogP contribution is -2.49. The topological polar surface area (TPSA) is 42.0 Å². The van der Waals surface area contributed by atoms with Crippen molar-refractivity contribution >= 4 is 6.09 Å². The second-order valence-corrected chi connectivity index (χ2v) is 9.23. The van der Waals surface area contributed by atoms with E-state index in [9.17, 15) is 4.79 Å². The summed E-state index contributed by atoms with van der Waals surface area (Å²) in [4.78, 5) is 16.5. The summed E-state index contributed by atoms with van der Waals surface area (Å²) < 4.78 is 11.9. The maximum atomic E-state index is 12.3. The summed E-state index contributed by atoms with van der Waals surface area (Å²) in [7, 11) is 0. The van der Waals surface area contributed by atoms with Crippen LogP contribution in [0.15, 0.2) is 18.2 Å². The first-order chi connectivity index (χ1) is 13.3. The van der Waals surface area contributed by atoms with Crippen molar-refractivity contribution in [2.24, 2.45) is 0 Å². The second kappa shape index (κ2) is 9.17. The quantitative estimate of drug-likeness (QED) is 0.746. The summed E-state index contributed by atoms with van der Waals surface area (Å²) in [6, 6.07) is 6.55. The van der Waals surface area contributed by atoms with E-state index < -0.39 is 5.60 Å². The highest BCUT2D eigenvalue weighted by Gasteiger charge is 2.26. The molecule has 1 heterocycles. The van der Waals surface area contributed by atoms with Crippen LogP contribution in [0.4, 0.5) is 4.79 Å². The largest absolute Gasteiger partial charge is 0.490 e. The van der Waals surface area contributed by atoms with Gasteiger partial charge in [0.2, 0.25) is 0 Å². The van der Waals surface area contributed by atoms with E-state index in [4.69, 9.17) is 9.47 Å². The summed E-state index contributed by atoms with van der Waals surface area (Å²) in [5.74, 6) is 1.04. The molecule has 2 aliphatic rings. The van der Waals surface area contributed by atoms with Crippen LogP contribution in [0, 0.1) is 6.92 Å². The molecule has 5 heteroatoms. The Morgan fingerprint density at radius 2 is 1.75 bits per heavy atom. The van der Waals surface area contributed by atoms with Crippen molar-refractivity contribution in [3.05, 3.63) is 29.3 Å². The molecule has 5 nitrogen and oxygen atoms in total. The molecule has 2 fully saturated rings. The van der Waals surface area contributed by atoms with Gasteiger partial charge in [-0.25, -0.2) is 4.79 Å². The maximum absolute atomic E-state index is 12.3. The van der Waals surface area contributed by atoms with E-state index in [0.29, 0.717) is 19.2 Å². The van der Waals surface area contributed by atoms with Crippen molar-refractivity contribution < 1.29 is 14.3 Å². The van der Waals surface area contributed by atoms with Crippen LogP contribution in [0.3, 0.4) is 0 Å². The molecule has 0 aromatic heterocycles. The predicted octanol–water partition coefficient (Wildman–Crippen LogP) is 4.76. The van der Waals surface area contributed by atoms with E-state index in [1.807, 2.05) is 25.7 Å². The van der Waals surface area contributed by atoms with Crippen molar-refractivity contribution in [1.82, 2.24) is 9.80 Å². The Morgan fingerprint density at radius 1 is 1.07 bits per heavy atom. The SMILES string of the molecule is Cc1ccc(CN2CCN(C(=O)OC(C)(C)C)CC2)c(OC2CCCCC2)c1. The van der Waals surface area contributed by atoms with Crippen LogP contribution < -0.4 is 4.74 Å². The number of hydrogen-bond acceptors (Lipinski definition) is 4. The van der Waals surface area contributed by atoms with Gasteiger partial charge in [0.1, 0.15) is 11.4 Å². The molecule has 156 valence electrons. The van der Waals surface area contributed by atoms with Crippen LogP contribution in [0.1, 0.15) is 64.0 Å². The summed E-state index contributed by atoms with van der Waals surface area (Å²) in [5.41, 5.74) is 2.05. The highest BCUT2D eigenvalue weighted by Crippen LogP contribution is 2.28. The molecule has 0 unspecified atom stereocenters. The third-order valence-electron chi connectivity index (χ3n) is 5.49. The van der Waals surface area contributed by atoms with E-state index in [1.54, 1.807) is 0 Å². The van der Waals surface area contributed by atoms with Gasteiger partial charge >= 0.3 is 6.09 Å². The second-order valence-electron chi connectivity index (χ2n) is 9.23. The number of aryl methyl sites for hydroxylation is 1. The molecule has 28 heavy (non-hydrogen) atoms. The minimum Gasteiger partial charge on any atom is -0.490 e. The van der Waals surface area contributed by atoms with E-state index in [0.717, 1.165) is 25.4 Å². The fourth-order valence-electron chi connectivity index (χ4n) is 3.92. The molecule has 1 aromatic rings. The summed E-state index contributed by atoms with van der Waals surface area (Å²) in [5, 5.41) is 0. The zero-order chi connectivity index (χ0) is 20.1. The fraction of sp³-hybridized carbons (Fsp3) is 0.696. The number of benzene rings is 1. The molecule has 1 aromatic carbocycles. The number of carbonyl (C=O) groups is 1. The summed E-state index contributed by atoms with van der Waals surface area (Å²) in [6.45, 7) is 11.8. The Bertz CT molecular complexity index is 654. The van der Waals surface area contributed by atoms with E-state index in [1.165, 1.54) is 43.2 Å². The molecule has 0 bridgehead atoms. The maximum Gasteiger partial charge on any atom is 0.410 e. The smallest absolute Gasteiger partial charge is 0.410 e. The van der Waals surface area contributed by atoms with Crippen LogP contribution in [0.25, 0.3) is 0 Å². The van der Waals surface area contributed by atoms with Gasteiger partial charge in [-0.05, 0) is 65.0 Å². The van der Waals surface area contributed by atoms with Gasteiger partial charge in [-0.3, -0.25) is 4.90 Å². The van der Waals surface area contributed by atoms with Crippen LogP contribution >= 0.6 is 0 Å². The van der Waals surface area contributed by atoms with Crippen molar-refractivity contribution in [3.63, 3.8) is 0 Å². The standard InChI is InChI=1S/C23H36N2O3/c1-18-10-11-19(21(16-18)27-20-8-6-5-7-9-20)17-24-12-14-25(15-13-24)22(26)28-23(2,3)4/h10-11,16,20H,5-9,12-15,17H2,1-4H3. The lowest BCUT2D eigenvalue weighted by atomic mass is 9.97. The van der Waals surface area contributed by atoms with Gasteiger partial charge in [0.15, 0.2) is 0 Å². The fourth-order valence-corrected chi connectivity index (χ4v) is 3.92. The van der Waals surface area contributed by atoms with Gasteiger partial charge in [-0.15, -0.1) is 0 Å². The average Bonchev–Trinajstić information content (AvgIpc) is 2.64. The first-order valence-electron chi connectivity index (χ1n) is 10.8. The molecule has 0 N–H and O–H groups in total. The van der Waals surface area contributed by atoms with Gasteiger partial charge in [0.25, 0.3) is 0 Å². The molecule has 3 rings (SSSR count). The highest BCUT2D eigenvalue weighted by molar-refractivity contribution is 5.68. The molecular weight excluding hydrogens is 352 g/mol. The number of piperazine rings is 1. The highest BCUT2D eigenvalue weighted by atomic mass is 16.6. The number of carbonyl (C=O) groups excluding carboxylic acids is 1. The average molecular weight is 389 g/mol. The third kappa shape index (κ3) is 6.13. The molecule has 0 radical (unpaired) electrons. The Hall–Kier alpha value is -1.75.